The number of hydrogen-bond donors (Lipinski definition) is 0. The lowest BCUT2D eigenvalue weighted by Gasteiger charge is -1.87. The molecule has 0 aliphatic carbocycles. The Bertz CT molecular complexity index is 60.0. The van der Waals surface area contributed by atoms with Crippen LogP contribution in [0, 0.1) is 0 Å². The fourth-order valence-corrected chi connectivity index (χ4v) is 0.130. The van der Waals surface area contributed by atoms with Crippen molar-refractivity contribution in [1.82, 2.24) is 0 Å². The lowest BCUT2D eigenvalue weighted by atomic mass is 10.4. The van der Waals surface area contributed by atoms with Gasteiger partial charge in [-0.3, -0.25) is 0 Å². The van der Waals surface area contributed by atoms with Gasteiger partial charge in [0.15, 0.2) is 0 Å². The second-order valence-corrected chi connectivity index (χ2v) is 0.989. The standard InChI is InChI=1S/C4H5F3/c5-2-1-4(7)3-6/h1-2,4H,3H2. The lowest BCUT2D eigenvalue weighted by Crippen LogP contribution is -1.94. The van der Waals surface area contributed by atoms with Crippen molar-refractivity contribution < 1.29 is 13.2 Å². The predicted molar refractivity (Wildman–Crippen MR) is 21.1 cm³/mol. The van der Waals surface area contributed by atoms with Crippen molar-refractivity contribution in [2.24, 2.45) is 0 Å². The van der Waals surface area contributed by atoms with Crippen LogP contribution in [0.4, 0.5) is 13.2 Å². The minimum atomic E-state index is -1.77. The second kappa shape index (κ2) is 3.71. The Balaban J connectivity index is 3.16. The number of hydrogen-bond acceptors (Lipinski definition) is 0. The summed E-state index contributed by atoms with van der Waals surface area (Å²) >= 11 is 0. The van der Waals surface area contributed by atoms with E-state index in [-0.39, 0.29) is 6.33 Å². The minimum absolute atomic E-state index is 0.00968. The van der Waals surface area contributed by atoms with Gasteiger partial charge in [-0.25, -0.2) is 13.2 Å². The van der Waals surface area contributed by atoms with Crippen LogP contribution in [-0.4, -0.2) is 12.8 Å². The van der Waals surface area contributed by atoms with Gasteiger partial charge in [0.1, 0.15) is 12.8 Å². The molecule has 0 amide bonds. The van der Waals surface area contributed by atoms with E-state index in [4.69, 9.17) is 0 Å². The lowest BCUT2D eigenvalue weighted by molar-refractivity contribution is 0.308. The third kappa shape index (κ3) is 3.36. The molecule has 7 heavy (non-hydrogen) atoms. The van der Waals surface area contributed by atoms with Crippen LogP contribution in [0.2, 0.25) is 0 Å². The van der Waals surface area contributed by atoms with Crippen LogP contribution in [-0.2, 0) is 0 Å². The van der Waals surface area contributed by atoms with E-state index in [9.17, 15) is 13.2 Å². The molecular formula is C4H5F3. The zero-order chi connectivity index (χ0) is 5.70. The molecule has 0 N–H and O–H groups in total. The molecule has 0 radical (unpaired) electrons. The van der Waals surface area contributed by atoms with Gasteiger partial charge in [-0.15, -0.1) is 0 Å². The van der Waals surface area contributed by atoms with Crippen LogP contribution < -0.4 is 0 Å². The average molecular weight is 110 g/mol. The quantitative estimate of drug-likeness (QED) is 0.508. The van der Waals surface area contributed by atoms with E-state index in [1.54, 1.807) is 0 Å². The average Bonchev–Trinajstić information content (AvgIpc) is 1.68. The van der Waals surface area contributed by atoms with Crippen LogP contribution in [0.25, 0.3) is 0 Å². The summed E-state index contributed by atoms with van der Waals surface area (Å²) < 4.78 is 33.3. The highest BCUT2D eigenvalue weighted by atomic mass is 19.2. The van der Waals surface area contributed by atoms with Gasteiger partial charge in [0, 0.05) is 0 Å². The first-order valence-corrected chi connectivity index (χ1v) is 1.78. The molecule has 0 nitrogen and oxygen atoms in total. The summed E-state index contributed by atoms with van der Waals surface area (Å²) in [5.74, 6) is 0. The third-order valence-corrected chi connectivity index (χ3v) is 0.429. The molecule has 0 saturated heterocycles. The molecule has 3 heteroatoms. The van der Waals surface area contributed by atoms with E-state index < -0.39 is 12.8 Å². The van der Waals surface area contributed by atoms with Gasteiger partial charge < -0.3 is 0 Å². The number of alkyl halides is 2. The summed E-state index contributed by atoms with van der Waals surface area (Å²) in [4.78, 5) is 0. The molecule has 0 aromatic carbocycles. The smallest absolute Gasteiger partial charge is 0.149 e. The first-order valence-electron chi connectivity index (χ1n) is 1.78. The molecule has 0 bridgehead atoms. The van der Waals surface area contributed by atoms with Crippen molar-refractivity contribution in [2.45, 2.75) is 6.17 Å². The van der Waals surface area contributed by atoms with E-state index in [2.05, 4.69) is 0 Å². The maximum atomic E-state index is 11.4. The van der Waals surface area contributed by atoms with Crippen LogP contribution in [0.15, 0.2) is 12.4 Å². The summed E-state index contributed by atoms with van der Waals surface area (Å²) in [5.41, 5.74) is 0. The SMILES string of the molecule is FC=CC(F)CF. The van der Waals surface area contributed by atoms with Gasteiger partial charge in [-0.1, -0.05) is 0 Å². The van der Waals surface area contributed by atoms with E-state index in [0.29, 0.717) is 6.08 Å². The predicted octanol–water partition coefficient (Wildman–Crippen LogP) is 1.78. The third-order valence-electron chi connectivity index (χ3n) is 0.429. The summed E-state index contributed by atoms with van der Waals surface area (Å²) in [6.07, 6.45) is -1.27. The Hall–Kier alpha value is -0.470. The Morgan fingerprint density at radius 2 is 2.14 bits per heavy atom. The molecule has 0 rings (SSSR count). The molecule has 0 aromatic rings. The second-order valence-electron chi connectivity index (χ2n) is 0.989. The fourth-order valence-electron chi connectivity index (χ4n) is 0.130. The fraction of sp³-hybridized carbons (Fsp3) is 0.500. The molecule has 1 atom stereocenters. The van der Waals surface area contributed by atoms with Crippen LogP contribution in [0.5, 0.6) is 0 Å². The summed E-state index contributed by atoms with van der Waals surface area (Å²) in [6, 6.07) is 0. The maximum absolute atomic E-state index is 11.4. The molecular weight excluding hydrogens is 105 g/mol. The normalized spacial score (nSPS) is 15.3. The van der Waals surface area contributed by atoms with E-state index in [0.717, 1.165) is 0 Å². The summed E-state index contributed by atoms with van der Waals surface area (Å²) in [6.45, 7) is -1.15. The summed E-state index contributed by atoms with van der Waals surface area (Å²) in [7, 11) is 0. The Morgan fingerprint density at radius 3 is 2.29 bits per heavy atom. The van der Waals surface area contributed by atoms with Gasteiger partial charge in [0.25, 0.3) is 0 Å². The first-order chi connectivity index (χ1) is 3.31. The van der Waals surface area contributed by atoms with Gasteiger partial charge >= 0.3 is 0 Å². The van der Waals surface area contributed by atoms with Crippen molar-refractivity contribution in [3.05, 3.63) is 12.4 Å². The minimum Gasteiger partial charge on any atom is -0.248 e. The summed E-state index contributed by atoms with van der Waals surface area (Å²) in [5, 5.41) is 0. The highest BCUT2D eigenvalue weighted by Gasteiger charge is 1.95. The monoisotopic (exact) mass is 110 g/mol. The largest absolute Gasteiger partial charge is 0.248 e. The van der Waals surface area contributed by atoms with Crippen LogP contribution in [0.1, 0.15) is 0 Å². The Kier molecular flexibility index (Phi) is 3.46. The zero-order valence-electron chi connectivity index (χ0n) is 3.57. The van der Waals surface area contributed by atoms with E-state index >= 15 is 0 Å². The van der Waals surface area contributed by atoms with Gasteiger partial charge in [0.2, 0.25) is 0 Å². The molecule has 0 aliphatic heterocycles. The zero-order valence-corrected chi connectivity index (χ0v) is 3.57. The van der Waals surface area contributed by atoms with Crippen LogP contribution in [0.3, 0.4) is 0 Å². The maximum Gasteiger partial charge on any atom is 0.149 e. The van der Waals surface area contributed by atoms with E-state index in [1.807, 2.05) is 0 Å². The molecule has 1 unspecified atom stereocenters. The number of allylic oxidation sites excluding steroid dienone is 1. The number of halogens is 3. The highest BCUT2D eigenvalue weighted by Crippen LogP contribution is 1.92. The molecule has 0 fully saturated rings. The van der Waals surface area contributed by atoms with Crippen molar-refractivity contribution in [3.63, 3.8) is 0 Å². The van der Waals surface area contributed by atoms with Gasteiger partial charge in [-0.2, -0.15) is 0 Å². The first kappa shape index (κ1) is 6.53. The van der Waals surface area contributed by atoms with Crippen LogP contribution >= 0.6 is 0 Å². The Labute approximate surface area is 39.6 Å². The van der Waals surface area contributed by atoms with Crippen molar-refractivity contribution in [3.8, 4) is 0 Å². The van der Waals surface area contributed by atoms with Crippen molar-refractivity contribution in [2.75, 3.05) is 6.67 Å². The number of rotatable bonds is 2. The molecule has 0 heterocycles. The molecule has 0 aliphatic rings. The van der Waals surface area contributed by atoms with E-state index in [1.165, 1.54) is 0 Å². The topological polar surface area (TPSA) is 0 Å². The molecule has 0 aromatic heterocycles. The molecule has 0 saturated carbocycles. The Morgan fingerprint density at radius 1 is 1.57 bits per heavy atom. The van der Waals surface area contributed by atoms with Crippen molar-refractivity contribution >= 4 is 0 Å². The highest BCUT2D eigenvalue weighted by molar-refractivity contribution is 4.81. The van der Waals surface area contributed by atoms with Gasteiger partial charge in [-0.05, 0) is 6.08 Å². The van der Waals surface area contributed by atoms with Gasteiger partial charge in [0.05, 0.1) is 6.33 Å². The van der Waals surface area contributed by atoms with Crippen molar-refractivity contribution in [1.29, 1.82) is 0 Å². The molecule has 42 valence electrons. The molecule has 0 spiro atoms.